The summed E-state index contributed by atoms with van der Waals surface area (Å²) >= 11 is 6.70. The number of nitrogens with zero attached hydrogens (tertiary/aromatic N) is 1. The molecule has 0 N–H and O–H groups in total. The molecule has 1 saturated heterocycles. The number of thiocarbonyl (C=S) groups is 1. The summed E-state index contributed by atoms with van der Waals surface area (Å²) in [5.41, 5.74) is 1.97. The van der Waals surface area contributed by atoms with E-state index in [0.717, 1.165) is 11.3 Å². The summed E-state index contributed by atoms with van der Waals surface area (Å²) in [5, 5.41) is 0. The van der Waals surface area contributed by atoms with Crippen molar-refractivity contribution in [2.45, 2.75) is 13.5 Å². The number of benzene rings is 3. The number of hydrogen-bond donors (Lipinski definition) is 0. The molecule has 162 valence electrons. The van der Waals surface area contributed by atoms with Crippen LogP contribution in [0, 0.1) is 5.82 Å². The van der Waals surface area contributed by atoms with E-state index in [1.54, 1.807) is 30.3 Å². The molecule has 32 heavy (non-hydrogen) atoms. The van der Waals surface area contributed by atoms with Gasteiger partial charge in [-0.1, -0.05) is 54.3 Å². The molecule has 0 unspecified atom stereocenters. The van der Waals surface area contributed by atoms with Gasteiger partial charge in [-0.15, -0.1) is 0 Å². The van der Waals surface area contributed by atoms with Crippen LogP contribution in [0.15, 0.2) is 77.7 Å². The lowest BCUT2D eigenvalue weighted by Crippen LogP contribution is -2.27. The first-order valence-electron chi connectivity index (χ1n) is 10.0. The Labute approximate surface area is 195 Å². The standard InChI is InChI=1S/C25H20FNO3S2/c1-2-29-20-12-10-19(11-13-20)27-24(28)23(32-25(27)31)15-17-6-5-8-21(14-17)30-16-18-7-3-4-9-22(18)26/h3-15H,2,16H2,1H3/b23-15+. The predicted molar refractivity (Wildman–Crippen MR) is 130 cm³/mol. The van der Waals surface area contributed by atoms with Crippen molar-refractivity contribution in [3.63, 3.8) is 0 Å². The van der Waals surface area contributed by atoms with Crippen LogP contribution < -0.4 is 14.4 Å². The number of halogens is 1. The van der Waals surface area contributed by atoms with E-state index in [1.165, 1.54) is 22.7 Å². The number of rotatable bonds is 7. The van der Waals surface area contributed by atoms with E-state index in [2.05, 4.69) is 0 Å². The van der Waals surface area contributed by atoms with E-state index in [1.807, 2.05) is 49.4 Å². The van der Waals surface area contributed by atoms with Gasteiger partial charge in [-0.05, 0) is 61.0 Å². The molecule has 0 radical (unpaired) electrons. The monoisotopic (exact) mass is 465 g/mol. The van der Waals surface area contributed by atoms with Crippen molar-refractivity contribution in [1.29, 1.82) is 0 Å². The Morgan fingerprint density at radius 1 is 1.00 bits per heavy atom. The van der Waals surface area contributed by atoms with E-state index >= 15 is 0 Å². The lowest BCUT2D eigenvalue weighted by molar-refractivity contribution is -0.113. The molecule has 4 nitrogen and oxygen atoms in total. The molecule has 3 aromatic carbocycles. The van der Waals surface area contributed by atoms with Gasteiger partial charge < -0.3 is 9.47 Å². The highest BCUT2D eigenvalue weighted by molar-refractivity contribution is 8.27. The second-order valence-corrected chi connectivity index (χ2v) is 8.57. The third kappa shape index (κ3) is 5.00. The summed E-state index contributed by atoms with van der Waals surface area (Å²) < 4.78 is 25.5. The molecule has 1 fully saturated rings. The van der Waals surface area contributed by atoms with Gasteiger partial charge in [0.1, 0.15) is 23.9 Å². The highest BCUT2D eigenvalue weighted by Crippen LogP contribution is 2.36. The normalized spacial score (nSPS) is 14.8. The zero-order valence-corrected chi connectivity index (χ0v) is 18.9. The van der Waals surface area contributed by atoms with E-state index < -0.39 is 0 Å². The van der Waals surface area contributed by atoms with Crippen molar-refractivity contribution >= 4 is 46.0 Å². The second-order valence-electron chi connectivity index (χ2n) is 6.90. The maximum atomic E-state index is 13.8. The van der Waals surface area contributed by atoms with Crippen LogP contribution in [-0.4, -0.2) is 16.8 Å². The molecule has 1 aliphatic rings. The van der Waals surface area contributed by atoms with E-state index in [4.69, 9.17) is 21.7 Å². The maximum absolute atomic E-state index is 13.8. The Bertz CT molecular complexity index is 1180. The van der Waals surface area contributed by atoms with Crippen molar-refractivity contribution in [3.05, 3.63) is 94.6 Å². The summed E-state index contributed by atoms with van der Waals surface area (Å²) in [4.78, 5) is 15.0. The predicted octanol–water partition coefficient (Wildman–Crippen LogP) is 6.21. The van der Waals surface area contributed by atoms with Gasteiger partial charge in [-0.3, -0.25) is 9.69 Å². The number of carbonyl (C=O) groups excluding carboxylic acids is 1. The molecule has 0 bridgehead atoms. The smallest absolute Gasteiger partial charge is 0.270 e. The van der Waals surface area contributed by atoms with Crippen molar-refractivity contribution in [1.82, 2.24) is 0 Å². The van der Waals surface area contributed by atoms with Gasteiger partial charge in [0.25, 0.3) is 5.91 Å². The number of ether oxygens (including phenoxy) is 2. The molecule has 0 spiro atoms. The average molecular weight is 466 g/mol. The fourth-order valence-electron chi connectivity index (χ4n) is 3.17. The third-order valence-electron chi connectivity index (χ3n) is 4.71. The lowest BCUT2D eigenvalue weighted by atomic mass is 10.2. The molecule has 1 heterocycles. The first-order chi connectivity index (χ1) is 15.5. The topological polar surface area (TPSA) is 38.8 Å². The van der Waals surface area contributed by atoms with E-state index in [9.17, 15) is 9.18 Å². The minimum Gasteiger partial charge on any atom is -0.494 e. The first-order valence-corrected chi connectivity index (χ1v) is 11.2. The first kappa shape index (κ1) is 22.0. The highest BCUT2D eigenvalue weighted by Gasteiger charge is 2.33. The molecule has 0 atom stereocenters. The van der Waals surface area contributed by atoms with Crippen LogP contribution in [0.25, 0.3) is 6.08 Å². The summed E-state index contributed by atoms with van der Waals surface area (Å²) in [7, 11) is 0. The minimum absolute atomic E-state index is 0.121. The highest BCUT2D eigenvalue weighted by atomic mass is 32.2. The Morgan fingerprint density at radius 3 is 2.53 bits per heavy atom. The molecule has 0 saturated carbocycles. The zero-order valence-electron chi connectivity index (χ0n) is 17.3. The van der Waals surface area contributed by atoms with E-state index in [-0.39, 0.29) is 18.3 Å². The Balaban J connectivity index is 1.49. The number of anilines is 1. The van der Waals surface area contributed by atoms with Crippen molar-refractivity contribution in [2.24, 2.45) is 0 Å². The number of hydrogen-bond acceptors (Lipinski definition) is 5. The summed E-state index contributed by atoms with van der Waals surface area (Å²) in [6.45, 7) is 2.61. The molecular formula is C25H20FNO3S2. The Hall–Kier alpha value is -3.16. The van der Waals surface area contributed by atoms with Crippen molar-refractivity contribution in [2.75, 3.05) is 11.5 Å². The summed E-state index contributed by atoms with van der Waals surface area (Å²) in [5.74, 6) is 0.844. The van der Waals surface area contributed by atoms with Gasteiger partial charge in [0, 0.05) is 5.56 Å². The fraction of sp³-hybridized carbons (Fsp3) is 0.120. The van der Waals surface area contributed by atoms with Crippen LogP contribution in [0.4, 0.5) is 10.1 Å². The van der Waals surface area contributed by atoms with Crippen LogP contribution >= 0.6 is 24.0 Å². The quantitative estimate of drug-likeness (QED) is 0.306. The van der Waals surface area contributed by atoms with Crippen LogP contribution in [0.1, 0.15) is 18.1 Å². The maximum Gasteiger partial charge on any atom is 0.270 e. The van der Waals surface area contributed by atoms with Gasteiger partial charge in [-0.25, -0.2) is 4.39 Å². The van der Waals surface area contributed by atoms with Crippen LogP contribution in [0.3, 0.4) is 0 Å². The van der Waals surface area contributed by atoms with Crippen molar-refractivity contribution < 1.29 is 18.7 Å². The molecule has 4 rings (SSSR count). The summed E-state index contributed by atoms with van der Waals surface area (Å²) in [6.07, 6.45) is 1.78. The number of carbonyl (C=O) groups is 1. The fourth-order valence-corrected chi connectivity index (χ4v) is 4.47. The SMILES string of the molecule is CCOc1ccc(N2C(=O)/C(=C\c3cccc(OCc4ccccc4F)c3)SC2=S)cc1. The summed E-state index contributed by atoms with van der Waals surface area (Å²) in [6, 6.07) is 21.1. The second kappa shape index (κ2) is 9.97. The van der Waals surface area contributed by atoms with Crippen LogP contribution in [0.2, 0.25) is 0 Å². The molecule has 3 aromatic rings. The van der Waals surface area contributed by atoms with Crippen molar-refractivity contribution in [3.8, 4) is 11.5 Å². The van der Waals surface area contributed by atoms with Gasteiger partial charge in [0.05, 0.1) is 17.2 Å². The number of thioether (sulfide) groups is 1. The molecular weight excluding hydrogens is 445 g/mol. The van der Waals surface area contributed by atoms with Gasteiger partial charge in [-0.2, -0.15) is 0 Å². The minimum atomic E-state index is -0.304. The van der Waals surface area contributed by atoms with Gasteiger partial charge >= 0.3 is 0 Å². The van der Waals surface area contributed by atoms with E-state index in [0.29, 0.717) is 32.8 Å². The molecule has 0 aromatic heterocycles. The number of amides is 1. The molecule has 1 amide bonds. The average Bonchev–Trinajstić information content (AvgIpc) is 3.07. The Morgan fingerprint density at radius 2 is 1.78 bits per heavy atom. The Kier molecular flexibility index (Phi) is 6.87. The molecule has 0 aliphatic carbocycles. The van der Waals surface area contributed by atoms with Crippen LogP contribution in [0.5, 0.6) is 11.5 Å². The third-order valence-corrected chi connectivity index (χ3v) is 6.01. The molecule has 7 heteroatoms. The molecule has 1 aliphatic heterocycles. The lowest BCUT2D eigenvalue weighted by Gasteiger charge is -2.15. The van der Waals surface area contributed by atoms with Gasteiger partial charge in [0.2, 0.25) is 0 Å². The van der Waals surface area contributed by atoms with Gasteiger partial charge in [0.15, 0.2) is 4.32 Å². The largest absolute Gasteiger partial charge is 0.494 e. The van der Waals surface area contributed by atoms with Crippen LogP contribution in [-0.2, 0) is 11.4 Å². The zero-order chi connectivity index (χ0) is 22.5.